The smallest absolute Gasteiger partial charge is 0.271 e. The summed E-state index contributed by atoms with van der Waals surface area (Å²) in [6.45, 7) is 5.09. The van der Waals surface area contributed by atoms with E-state index in [-0.39, 0.29) is 11.8 Å². The fraction of sp³-hybridized carbons (Fsp3) is 0.353. The van der Waals surface area contributed by atoms with Gasteiger partial charge in [0.05, 0.1) is 22.5 Å². The highest BCUT2D eigenvalue weighted by Crippen LogP contribution is 2.27. The van der Waals surface area contributed by atoms with Crippen LogP contribution < -0.4 is 5.32 Å². The van der Waals surface area contributed by atoms with E-state index < -0.39 is 0 Å². The van der Waals surface area contributed by atoms with Gasteiger partial charge in [-0.15, -0.1) is 0 Å². The lowest BCUT2D eigenvalue weighted by Gasteiger charge is -2.05. The van der Waals surface area contributed by atoms with Crippen molar-refractivity contribution < 1.29 is 9.53 Å². The molecule has 7 heteroatoms. The summed E-state index contributed by atoms with van der Waals surface area (Å²) >= 11 is 1.57. The largest absolute Gasteiger partial charge is 0.383 e. The summed E-state index contributed by atoms with van der Waals surface area (Å²) in [5.41, 5.74) is 2.30. The van der Waals surface area contributed by atoms with Crippen LogP contribution in [0.3, 0.4) is 0 Å². The minimum absolute atomic E-state index is 0.200. The molecule has 0 saturated carbocycles. The Hall–Kier alpha value is -2.25. The molecule has 0 atom stereocenters. The monoisotopic (exact) mass is 344 g/mol. The van der Waals surface area contributed by atoms with E-state index in [0.29, 0.717) is 18.8 Å². The third kappa shape index (κ3) is 3.32. The summed E-state index contributed by atoms with van der Waals surface area (Å²) in [6, 6.07) is 9.80. The van der Waals surface area contributed by atoms with Crippen LogP contribution in [0.15, 0.2) is 30.3 Å². The van der Waals surface area contributed by atoms with E-state index in [4.69, 9.17) is 4.74 Å². The van der Waals surface area contributed by atoms with Gasteiger partial charge >= 0.3 is 0 Å². The van der Waals surface area contributed by atoms with Crippen molar-refractivity contribution in [2.24, 2.45) is 0 Å². The molecule has 0 unspecified atom stereocenters. The standard InChI is InChI=1S/C17H20N4O2S/c1-11(2)14-10-13(16(22)18-8-9-23-3)20-21(14)17-19-12-6-4-5-7-15(12)24-17/h4-7,10-11H,8-9H2,1-3H3,(H,18,22). The van der Waals surface area contributed by atoms with Gasteiger partial charge in [-0.25, -0.2) is 9.67 Å². The Labute approximate surface area is 144 Å². The van der Waals surface area contributed by atoms with E-state index in [0.717, 1.165) is 21.0 Å². The van der Waals surface area contributed by atoms with Crippen LogP contribution in [0, 0.1) is 0 Å². The number of amides is 1. The number of benzene rings is 1. The molecule has 0 fully saturated rings. The van der Waals surface area contributed by atoms with Crippen LogP contribution in [-0.2, 0) is 4.74 Å². The molecule has 3 aromatic rings. The Balaban J connectivity index is 1.95. The predicted molar refractivity (Wildman–Crippen MR) is 95.0 cm³/mol. The van der Waals surface area contributed by atoms with Crippen molar-refractivity contribution in [3.05, 3.63) is 41.7 Å². The lowest BCUT2D eigenvalue weighted by Crippen LogP contribution is -2.27. The van der Waals surface area contributed by atoms with Crippen molar-refractivity contribution in [2.45, 2.75) is 19.8 Å². The van der Waals surface area contributed by atoms with Gasteiger partial charge in [-0.2, -0.15) is 5.10 Å². The van der Waals surface area contributed by atoms with Gasteiger partial charge in [0.2, 0.25) is 5.13 Å². The molecule has 1 amide bonds. The topological polar surface area (TPSA) is 69.0 Å². The van der Waals surface area contributed by atoms with Crippen molar-refractivity contribution in [1.29, 1.82) is 0 Å². The molecule has 0 saturated heterocycles. The Morgan fingerprint density at radius 3 is 2.88 bits per heavy atom. The molecule has 3 rings (SSSR count). The molecule has 2 aromatic heterocycles. The first kappa shape index (κ1) is 16.6. The molecule has 0 aliphatic carbocycles. The Bertz CT molecular complexity index is 820. The van der Waals surface area contributed by atoms with E-state index >= 15 is 0 Å². The number of carbonyl (C=O) groups excluding carboxylic acids is 1. The maximum absolute atomic E-state index is 12.3. The maximum Gasteiger partial charge on any atom is 0.271 e. The third-order valence-electron chi connectivity index (χ3n) is 3.62. The number of ether oxygens (including phenoxy) is 1. The van der Waals surface area contributed by atoms with Crippen LogP contribution in [0.25, 0.3) is 15.3 Å². The predicted octanol–water partition coefficient (Wildman–Crippen LogP) is 2.98. The van der Waals surface area contributed by atoms with Gasteiger partial charge in [-0.05, 0) is 24.1 Å². The number of carbonyl (C=O) groups is 1. The van der Waals surface area contributed by atoms with Crippen molar-refractivity contribution in [2.75, 3.05) is 20.3 Å². The Morgan fingerprint density at radius 2 is 2.17 bits per heavy atom. The van der Waals surface area contributed by atoms with Crippen LogP contribution in [0.1, 0.15) is 35.9 Å². The van der Waals surface area contributed by atoms with Gasteiger partial charge in [0, 0.05) is 13.7 Å². The van der Waals surface area contributed by atoms with Gasteiger partial charge < -0.3 is 10.1 Å². The Morgan fingerprint density at radius 1 is 1.38 bits per heavy atom. The summed E-state index contributed by atoms with van der Waals surface area (Å²) in [5.74, 6) is 0.0267. The molecule has 1 N–H and O–H groups in total. The highest BCUT2D eigenvalue weighted by atomic mass is 32.1. The number of thiazole rings is 1. The highest BCUT2D eigenvalue weighted by molar-refractivity contribution is 7.20. The number of fused-ring (bicyclic) bond motifs is 1. The second kappa shape index (κ2) is 7.11. The molecule has 24 heavy (non-hydrogen) atoms. The lowest BCUT2D eigenvalue weighted by molar-refractivity contribution is 0.0931. The first-order valence-corrected chi connectivity index (χ1v) is 8.65. The second-order valence-corrected chi connectivity index (χ2v) is 6.74. The minimum atomic E-state index is -0.200. The van der Waals surface area contributed by atoms with Crippen LogP contribution in [0.5, 0.6) is 0 Å². The van der Waals surface area contributed by atoms with E-state index in [1.807, 2.05) is 30.3 Å². The molecular formula is C17H20N4O2S. The van der Waals surface area contributed by atoms with E-state index in [1.54, 1.807) is 23.1 Å². The average molecular weight is 344 g/mol. The number of hydrogen-bond donors (Lipinski definition) is 1. The summed E-state index contributed by atoms with van der Waals surface area (Å²) < 4.78 is 7.83. The third-order valence-corrected chi connectivity index (χ3v) is 4.63. The zero-order chi connectivity index (χ0) is 17.1. The minimum Gasteiger partial charge on any atom is -0.383 e. The van der Waals surface area contributed by atoms with Crippen molar-refractivity contribution >= 4 is 27.5 Å². The highest BCUT2D eigenvalue weighted by Gasteiger charge is 2.19. The van der Waals surface area contributed by atoms with Gasteiger partial charge in [0.15, 0.2) is 5.69 Å². The Kier molecular flexibility index (Phi) is 4.92. The second-order valence-electron chi connectivity index (χ2n) is 5.73. The van der Waals surface area contributed by atoms with E-state index in [1.165, 1.54) is 0 Å². The van der Waals surface area contributed by atoms with Crippen LogP contribution in [-0.4, -0.2) is 40.9 Å². The number of nitrogens with one attached hydrogen (secondary N) is 1. The van der Waals surface area contributed by atoms with Crippen molar-refractivity contribution in [1.82, 2.24) is 20.1 Å². The fourth-order valence-electron chi connectivity index (χ4n) is 2.38. The molecule has 2 heterocycles. The average Bonchev–Trinajstić information content (AvgIpc) is 3.19. The molecule has 126 valence electrons. The maximum atomic E-state index is 12.3. The first-order chi connectivity index (χ1) is 11.6. The van der Waals surface area contributed by atoms with E-state index in [9.17, 15) is 4.79 Å². The molecule has 0 bridgehead atoms. The van der Waals surface area contributed by atoms with Gasteiger partial charge in [0.25, 0.3) is 5.91 Å². The molecule has 0 spiro atoms. The van der Waals surface area contributed by atoms with Gasteiger partial charge in [-0.3, -0.25) is 4.79 Å². The van der Waals surface area contributed by atoms with E-state index in [2.05, 4.69) is 29.2 Å². The number of nitrogens with zero attached hydrogens (tertiary/aromatic N) is 3. The number of methoxy groups -OCH3 is 1. The number of hydrogen-bond acceptors (Lipinski definition) is 5. The number of para-hydroxylation sites is 1. The van der Waals surface area contributed by atoms with Crippen LogP contribution in [0.2, 0.25) is 0 Å². The van der Waals surface area contributed by atoms with Gasteiger partial charge in [0.1, 0.15) is 0 Å². The summed E-state index contributed by atoms with van der Waals surface area (Å²) in [7, 11) is 1.60. The lowest BCUT2D eigenvalue weighted by atomic mass is 10.1. The number of aromatic nitrogens is 3. The van der Waals surface area contributed by atoms with Crippen LogP contribution in [0.4, 0.5) is 0 Å². The molecular weight excluding hydrogens is 324 g/mol. The molecule has 0 aliphatic rings. The van der Waals surface area contributed by atoms with Crippen molar-refractivity contribution in [3.63, 3.8) is 0 Å². The fourth-order valence-corrected chi connectivity index (χ4v) is 3.32. The zero-order valence-electron chi connectivity index (χ0n) is 13.9. The normalized spacial score (nSPS) is 11.3. The summed E-state index contributed by atoms with van der Waals surface area (Å²) in [5, 5.41) is 8.06. The van der Waals surface area contributed by atoms with Crippen molar-refractivity contribution in [3.8, 4) is 5.13 Å². The SMILES string of the molecule is COCCNC(=O)c1cc(C(C)C)n(-c2nc3ccccc3s2)n1. The number of rotatable bonds is 6. The zero-order valence-corrected chi connectivity index (χ0v) is 14.8. The summed E-state index contributed by atoms with van der Waals surface area (Å²) in [6.07, 6.45) is 0. The molecule has 6 nitrogen and oxygen atoms in total. The van der Waals surface area contributed by atoms with Gasteiger partial charge in [-0.1, -0.05) is 37.3 Å². The summed E-state index contributed by atoms with van der Waals surface area (Å²) in [4.78, 5) is 16.9. The molecule has 0 radical (unpaired) electrons. The molecule has 0 aliphatic heterocycles. The van der Waals surface area contributed by atoms with Crippen LogP contribution >= 0.6 is 11.3 Å². The molecule has 1 aromatic carbocycles. The quantitative estimate of drug-likeness (QED) is 0.698. The first-order valence-electron chi connectivity index (χ1n) is 7.83.